The van der Waals surface area contributed by atoms with Gasteiger partial charge in [-0.3, -0.25) is 0 Å². The second-order valence-electron chi connectivity index (χ2n) is 7.27. The van der Waals surface area contributed by atoms with Gasteiger partial charge in [-0.2, -0.15) is 0 Å². The lowest BCUT2D eigenvalue weighted by Crippen LogP contribution is -2.21. The average Bonchev–Trinajstić information content (AvgIpc) is 3.28. The van der Waals surface area contributed by atoms with E-state index >= 15 is 4.39 Å². The Morgan fingerprint density at radius 2 is 2.07 bits per heavy atom. The van der Waals surface area contributed by atoms with Crippen LogP contribution in [0.25, 0.3) is 10.2 Å². The first-order valence-electron chi connectivity index (χ1n) is 9.11. The van der Waals surface area contributed by atoms with E-state index in [0.717, 1.165) is 29.9 Å². The first-order valence-corrected chi connectivity index (χ1v) is 10.7. The van der Waals surface area contributed by atoms with Crippen LogP contribution >= 0.6 is 23.5 Å². The Hall–Kier alpha value is -2.01. The molecule has 29 heavy (non-hydrogen) atoms. The summed E-state index contributed by atoms with van der Waals surface area (Å²) in [6, 6.07) is 6.40. The monoisotopic (exact) mass is 438 g/mol. The number of anilines is 3. The van der Waals surface area contributed by atoms with Crippen LogP contribution in [0.1, 0.15) is 24.8 Å². The minimum absolute atomic E-state index is 0.0824. The largest absolute Gasteiger partial charge is 0.394 e. The summed E-state index contributed by atoms with van der Waals surface area (Å²) >= 11 is 2.45. The van der Waals surface area contributed by atoms with Crippen molar-refractivity contribution in [2.24, 2.45) is 0 Å². The summed E-state index contributed by atoms with van der Waals surface area (Å²) in [6.07, 6.45) is 1.40. The molecule has 0 aliphatic heterocycles. The van der Waals surface area contributed by atoms with Gasteiger partial charge < -0.3 is 20.3 Å². The molecular formula is C19H20F2N4O2S2. The van der Waals surface area contributed by atoms with Crippen molar-refractivity contribution < 1.29 is 19.0 Å². The first-order chi connectivity index (χ1) is 13.9. The van der Waals surface area contributed by atoms with Gasteiger partial charge in [-0.1, -0.05) is 10.6 Å². The topological polar surface area (TPSA) is 90.3 Å². The van der Waals surface area contributed by atoms with E-state index in [0.29, 0.717) is 16.8 Å². The Labute approximate surface area is 174 Å². The number of halogens is 2. The standard InChI is InChI=1S/C19H20F2N4O2S2/c1-10-2-3-13(12(20)6-10)22-17-14(7-15-18(16(17)21)23-25-28-15)24-29-19(4-5-19)8-11(27)9-26/h2-3,6-7,11,22,24,26-27H,4-5,8-9H2,1H3. The summed E-state index contributed by atoms with van der Waals surface area (Å²) in [6.45, 7) is 1.48. The molecule has 1 aliphatic rings. The van der Waals surface area contributed by atoms with Crippen LogP contribution in [0, 0.1) is 18.6 Å². The van der Waals surface area contributed by atoms with Crippen LogP contribution in [0.15, 0.2) is 24.3 Å². The summed E-state index contributed by atoms with van der Waals surface area (Å²) in [4.78, 5) is 0. The van der Waals surface area contributed by atoms with Crippen LogP contribution in [0.2, 0.25) is 0 Å². The van der Waals surface area contributed by atoms with E-state index in [-0.39, 0.29) is 28.2 Å². The molecule has 10 heteroatoms. The molecule has 4 rings (SSSR count). The maximum atomic E-state index is 15.2. The molecule has 1 aliphatic carbocycles. The van der Waals surface area contributed by atoms with Crippen molar-refractivity contribution in [1.29, 1.82) is 0 Å². The molecule has 6 nitrogen and oxygen atoms in total. The molecule has 1 fully saturated rings. The van der Waals surface area contributed by atoms with E-state index in [1.165, 1.54) is 18.0 Å². The molecule has 0 spiro atoms. The van der Waals surface area contributed by atoms with Crippen molar-refractivity contribution in [3.05, 3.63) is 41.5 Å². The van der Waals surface area contributed by atoms with E-state index in [1.807, 2.05) is 0 Å². The van der Waals surface area contributed by atoms with Crippen LogP contribution in [0.3, 0.4) is 0 Å². The predicted octanol–water partition coefficient (Wildman–Crippen LogP) is 4.36. The summed E-state index contributed by atoms with van der Waals surface area (Å²) in [7, 11) is 0. The van der Waals surface area contributed by atoms with E-state index in [4.69, 9.17) is 5.11 Å². The molecule has 0 saturated heterocycles. The molecule has 1 aromatic heterocycles. The van der Waals surface area contributed by atoms with Crippen molar-refractivity contribution in [1.82, 2.24) is 9.59 Å². The van der Waals surface area contributed by atoms with Gasteiger partial charge in [0, 0.05) is 4.75 Å². The van der Waals surface area contributed by atoms with Crippen LogP contribution in [0.5, 0.6) is 0 Å². The van der Waals surface area contributed by atoms with E-state index in [2.05, 4.69) is 19.6 Å². The Morgan fingerprint density at radius 3 is 2.76 bits per heavy atom. The van der Waals surface area contributed by atoms with Crippen molar-refractivity contribution >= 4 is 50.8 Å². The van der Waals surface area contributed by atoms with Gasteiger partial charge >= 0.3 is 0 Å². The van der Waals surface area contributed by atoms with Crippen molar-refractivity contribution in [2.75, 3.05) is 16.6 Å². The van der Waals surface area contributed by atoms with Gasteiger partial charge in [-0.15, -0.1) is 5.10 Å². The lowest BCUT2D eigenvalue weighted by Gasteiger charge is -2.20. The molecule has 4 N–H and O–H groups in total. The predicted molar refractivity (Wildman–Crippen MR) is 113 cm³/mol. The number of aliphatic hydroxyl groups excluding tert-OH is 2. The molecule has 2 aromatic carbocycles. The highest BCUT2D eigenvalue weighted by molar-refractivity contribution is 8.02. The van der Waals surface area contributed by atoms with Gasteiger partial charge in [0.2, 0.25) is 0 Å². The average molecular weight is 439 g/mol. The number of aryl methyl sites for hydroxylation is 1. The molecular weight excluding hydrogens is 418 g/mol. The quantitative estimate of drug-likeness (QED) is 0.389. The second kappa shape index (κ2) is 8.02. The second-order valence-corrected chi connectivity index (χ2v) is 9.33. The van der Waals surface area contributed by atoms with E-state index in [9.17, 15) is 9.50 Å². The van der Waals surface area contributed by atoms with Crippen LogP contribution in [-0.2, 0) is 0 Å². The van der Waals surface area contributed by atoms with Crippen LogP contribution in [-0.4, -0.2) is 37.3 Å². The number of aromatic nitrogens is 2. The highest BCUT2D eigenvalue weighted by Crippen LogP contribution is 2.52. The fourth-order valence-electron chi connectivity index (χ4n) is 3.09. The van der Waals surface area contributed by atoms with Crippen molar-refractivity contribution in [2.45, 2.75) is 37.0 Å². The van der Waals surface area contributed by atoms with Gasteiger partial charge in [0.15, 0.2) is 5.82 Å². The van der Waals surface area contributed by atoms with Gasteiger partial charge in [0.25, 0.3) is 0 Å². The molecule has 154 valence electrons. The molecule has 0 amide bonds. The number of aliphatic hydroxyl groups is 2. The smallest absolute Gasteiger partial charge is 0.177 e. The minimum atomic E-state index is -0.795. The maximum absolute atomic E-state index is 15.2. The molecule has 1 unspecified atom stereocenters. The third kappa shape index (κ3) is 4.30. The van der Waals surface area contributed by atoms with Gasteiger partial charge in [0.1, 0.15) is 17.0 Å². The van der Waals surface area contributed by atoms with Crippen LogP contribution < -0.4 is 10.0 Å². The molecule has 1 saturated carbocycles. The number of rotatable bonds is 8. The highest BCUT2D eigenvalue weighted by atomic mass is 32.2. The Kier molecular flexibility index (Phi) is 5.60. The fourth-order valence-corrected chi connectivity index (χ4v) is 4.76. The summed E-state index contributed by atoms with van der Waals surface area (Å²) in [5.74, 6) is -1.09. The zero-order chi connectivity index (χ0) is 20.6. The molecule has 1 heterocycles. The summed E-state index contributed by atoms with van der Waals surface area (Å²) in [5, 5.41) is 25.6. The van der Waals surface area contributed by atoms with Crippen LogP contribution in [0.4, 0.5) is 25.8 Å². The van der Waals surface area contributed by atoms with Gasteiger partial charge in [-0.25, -0.2) is 8.78 Å². The normalized spacial score (nSPS) is 16.0. The summed E-state index contributed by atoms with van der Waals surface area (Å²) in [5.41, 5.74) is 1.56. The highest BCUT2D eigenvalue weighted by Gasteiger charge is 2.45. The number of nitrogens with one attached hydrogen (secondary N) is 2. The Balaban J connectivity index is 1.64. The lowest BCUT2D eigenvalue weighted by atomic mass is 10.2. The third-order valence-corrected chi connectivity index (χ3v) is 6.87. The molecule has 0 bridgehead atoms. The fraction of sp³-hybridized carbons (Fsp3) is 0.368. The minimum Gasteiger partial charge on any atom is -0.394 e. The van der Waals surface area contributed by atoms with Gasteiger partial charge in [0.05, 0.1) is 28.8 Å². The number of hydrogen-bond donors (Lipinski definition) is 4. The maximum Gasteiger partial charge on any atom is 0.177 e. The molecule has 3 aromatic rings. The number of nitrogens with zero attached hydrogens (tertiary/aromatic N) is 2. The third-order valence-electron chi connectivity index (χ3n) is 4.87. The zero-order valence-electron chi connectivity index (χ0n) is 15.6. The number of benzene rings is 2. The van der Waals surface area contributed by atoms with Gasteiger partial charge in [-0.05, 0) is 73.4 Å². The zero-order valence-corrected chi connectivity index (χ0v) is 17.2. The molecule has 0 radical (unpaired) electrons. The number of fused-ring (bicyclic) bond motifs is 1. The van der Waals surface area contributed by atoms with E-state index in [1.54, 1.807) is 25.1 Å². The summed E-state index contributed by atoms with van der Waals surface area (Å²) < 4.78 is 36.8. The van der Waals surface area contributed by atoms with Crippen molar-refractivity contribution in [3.8, 4) is 0 Å². The Morgan fingerprint density at radius 1 is 1.28 bits per heavy atom. The lowest BCUT2D eigenvalue weighted by molar-refractivity contribution is 0.0865. The first kappa shape index (κ1) is 20.3. The molecule has 1 atom stereocenters. The van der Waals surface area contributed by atoms with Crippen molar-refractivity contribution in [3.63, 3.8) is 0 Å². The SMILES string of the molecule is Cc1ccc(Nc2c(NSC3(CC(O)CO)CC3)cc3snnc3c2F)c(F)c1. The Bertz CT molecular complexity index is 1040. The van der Waals surface area contributed by atoms with E-state index < -0.39 is 17.7 Å². The number of hydrogen-bond acceptors (Lipinski definition) is 8.